The van der Waals surface area contributed by atoms with Crippen LogP contribution in [0.5, 0.6) is 5.75 Å². The smallest absolute Gasteiger partial charge is 0.308 e. The number of hydrogen-bond donors (Lipinski definition) is 0. The molecule has 1 aliphatic carbocycles. The van der Waals surface area contributed by atoms with E-state index in [1.165, 1.54) is 13.0 Å². The first-order chi connectivity index (χ1) is 13.1. The van der Waals surface area contributed by atoms with Gasteiger partial charge in [-0.2, -0.15) is 0 Å². The largest absolute Gasteiger partial charge is 0.452 e. The summed E-state index contributed by atoms with van der Waals surface area (Å²) in [5.74, 6) is 0.384. The van der Waals surface area contributed by atoms with Crippen molar-refractivity contribution >= 4 is 38.6 Å². The molecular weight excluding hydrogens is 342 g/mol. The van der Waals surface area contributed by atoms with E-state index in [-0.39, 0.29) is 5.43 Å². The van der Waals surface area contributed by atoms with Gasteiger partial charge in [-0.25, -0.2) is 4.98 Å². The molecule has 5 rings (SSSR count). The van der Waals surface area contributed by atoms with Crippen molar-refractivity contribution in [2.24, 2.45) is 0 Å². The lowest BCUT2D eigenvalue weighted by molar-refractivity contribution is -0.131. The molecular formula is C22H13NO4. The normalized spacial score (nSPS) is 11.4. The van der Waals surface area contributed by atoms with Gasteiger partial charge in [0.15, 0.2) is 16.8 Å². The topological polar surface area (TPSA) is 69.4 Å². The van der Waals surface area contributed by atoms with Gasteiger partial charge in [0.2, 0.25) is 0 Å². The Morgan fingerprint density at radius 2 is 1.59 bits per heavy atom. The highest BCUT2D eigenvalue weighted by atomic mass is 16.5. The molecule has 0 N–H and O–H groups in total. The summed E-state index contributed by atoms with van der Waals surface area (Å²) in [5.41, 5.74) is 1.61. The highest BCUT2D eigenvalue weighted by molar-refractivity contribution is 6.08. The third kappa shape index (κ3) is 2.36. The van der Waals surface area contributed by atoms with Crippen LogP contribution < -0.4 is 10.2 Å². The van der Waals surface area contributed by atoms with E-state index in [4.69, 9.17) is 14.1 Å². The molecule has 5 heteroatoms. The fourth-order valence-electron chi connectivity index (χ4n) is 3.46. The number of rotatable bonds is 1. The molecule has 0 saturated heterocycles. The molecule has 0 radical (unpaired) electrons. The predicted octanol–water partition coefficient (Wildman–Crippen LogP) is 4.52. The van der Waals surface area contributed by atoms with Gasteiger partial charge in [-0.1, -0.05) is 48.5 Å². The summed E-state index contributed by atoms with van der Waals surface area (Å²) < 4.78 is 11.4. The first kappa shape index (κ1) is 15.5. The maximum Gasteiger partial charge on any atom is 0.308 e. The quantitative estimate of drug-likeness (QED) is 0.191. The van der Waals surface area contributed by atoms with Gasteiger partial charge in [0, 0.05) is 40.6 Å². The molecule has 0 aromatic heterocycles. The molecule has 1 heterocycles. The summed E-state index contributed by atoms with van der Waals surface area (Å²) in [6.45, 7) is 1.35. The average molecular weight is 355 g/mol. The summed E-state index contributed by atoms with van der Waals surface area (Å²) in [4.78, 5) is 28.7. The average Bonchev–Trinajstić information content (AvgIpc) is 2.67. The van der Waals surface area contributed by atoms with Crippen LogP contribution in [0.25, 0.3) is 44.1 Å². The van der Waals surface area contributed by atoms with Crippen LogP contribution >= 0.6 is 0 Å². The summed E-state index contributed by atoms with van der Waals surface area (Å²) in [6.07, 6.45) is 0. The lowest BCUT2D eigenvalue weighted by Crippen LogP contribution is -2.05. The second kappa shape index (κ2) is 5.64. The van der Waals surface area contributed by atoms with E-state index >= 15 is 0 Å². The van der Waals surface area contributed by atoms with Gasteiger partial charge in [0.1, 0.15) is 17.0 Å². The van der Waals surface area contributed by atoms with Crippen molar-refractivity contribution in [2.45, 2.75) is 6.92 Å². The van der Waals surface area contributed by atoms with Crippen LogP contribution in [0.2, 0.25) is 0 Å². The van der Waals surface area contributed by atoms with Crippen molar-refractivity contribution in [1.29, 1.82) is 0 Å². The van der Waals surface area contributed by atoms with E-state index in [9.17, 15) is 9.59 Å². The minimum absolute atomic E-state index is 0.121. The van der Waals surface area contributed by atoms with Crippen LogP contribution in [-0.4, -0.2) is 11.0 Å². The minimum atomic E-state index is -0.416. The maximum absolute atomic E-state index is 12.4. The lowest BCUT2D eigenvalue weighted by atomic mass is 10.0. The Morgan fingerprint density at radius 3 is 2.33 bits per heavy atom. The number of ether oxygens (including phenoxy) is 1. The SMILES string of the molecule is CC(=O)Oc1cc2oc3cc(=O)c4ccccc4c-3nc2c2ccccc12. The van der Waals surface area contributed by atoms with Crippen LogP contribution in [0.3, 0.4) is 0 Å². The summed E-state index contributed by atoms with van der Waals surface area (Å²) in [7, 11) is 0. The van der Waals surface area contributed by atoms with Gasteiger partial charge in [-0.15, -0.1) is 0 Å². The maximum atomic E-state index is 12.4. The van der Waals surface area contributed by atoms with Crippen LogP contribution in [-0.2, 0) is 4.79 Å². The van der Waals surface area contributed by atoms with Crippen LogP contribution in [0.4, 0.5) is 0 Å². The minimum Gasteiger partial charge on any atom is -0.452 e. The number of hydrogen-bond acceptors (Lipinski definition) is 5. The third-order valence-electron chi connectivity index (χ3n) is 4.58. The van der Waals surface area contributed by atoms with Crippen molar-refractivity contribution in [1.82, 2.24) is 4.98 Å². The fourth-order valence-corrected chi connectivity index (χ4v) is 3.46. The van der Waals surface area contributed by atoms with Gasteiger partial charge in [0.25, 0.3) is 0 Å². The summed E-state index contributed by atoms with van der Waals surface area (Å²) >= 11 is 0. The number of carbonyl (C=O) groups excluding carboxylic acids is 1. The van der Waals surface area contributed by atoms with Crippen LogP contribution in [0.1, 0.15) is 6.92 Å². The summed E-state index contributed by atoms with van der Waals surface area (Å²) in [6, 6.07) is 18.0. The molecule has 0 fully saturated rings. The molecule has 0 spiro atoms. The Balaban J connectivity index is 1.98. The Bertz CT molecular complexity index is 1400. The number of fused-ring (bicyclic) bond motifs is 6. The molecule has 130 valence electrons. The zero-order valence-corrected chi connectivity index (χ0v) is 14.4. The van der Waals surface area contributed by atoms with Gasteiger partial charge in [-0.3, -0.25) is 9.59 Å². The van der Waals surface area contributed by atoms with E-state index in [0.717, 1.165) is 16.2 Å². The van der Waals surface area contributed by atoms with Gasteiger partial charge in [-0.05, 0) is 0 Å². The number of aromatic nitrogens is 1. The molecule has 0 atom stereocenters. The second-order valence-corrected chi connectivity index (χ2v) is 6.34. The second-order valence-electron chi connectivity index (χ2n) is 6.34. The highest BCUT2D eigenvalue weighted by Crippen LogP contribution is 2.37. The van der Waals surface area contributed by atoms with E-state index in [1.54, 1.807) is 12.1 Å². The fraction of sp³-hybridized carbons (Fsp3) is 0.0455. The van der Waals surface area contributed by atoms with E-state index in [1.807, 2.05) is 42.5 Å². The molecule has 27 heavy (non-hydrogen) atoms. The number of esters is 1. The molecule has 0 amide bonds. The van der Waals surface area contributed by atoms with Crippen molar-refractivity contribution in [3.8, 4) is 17.2 Å². The van der Waals surface area contributed by atoms with E-state index < -0.39 is 5.97 Å². The molecule has 1 aliphatic heterocycles. The molecule has 3 aromatic carbocycles. The van der Waals surface area contributed by atoms with E-state index in [2.05, 4.69) is 0 Å². The number of nitrogens with zero attached hydrogens (tertiary/aromatic N) is 1. The highest BCUT2D eigenvalue weighted by Gasteiger charge is 2.18. The zero-order chi connectivity index (χ0) is 18.5. The van der Waals surface area contributed by atoms with Crippen molar-refractivity contribution in [2.75, 3.05) is 0 Å². The Hall–Kier alpha value is -3.73. The third-order valence-corrected chi connectivity index (χ3v) is 4.58. The van der Waals surface area contributed by atoms with Crippen LogP contribution in [0.15, 0.2) is 69.9 Å². The summed E-state index contributed by atoms with van der Waals surface area (Å²) in [5, 5.41) is 2.94. The first-order valence-corrected chi connectivity index (χ1v) is 8.48. The first-order valence-electron chi connectivity index (χ1n) is 8.48. The van der Waals surface area contributed by atoms with Gasteiger partial charge in [0.05, 0.1) is 0 Å². The molecule has 0 saturated carbocycles. The number of carbonyl (C=O) groups is 1. The predicted molar refractivity (Wildman–Crippen MR) is 103 cm³/mol. The Kier molecular flexibility index (Phi) is 3.24. The molecule has 2 aliphatic rings. The van der Waals surface area contributed by atoms with Crippen molar-refractivity contribution < 1.29 is 13.9 Å². The van der Waals surface area contributed by atoms with E-state index in [0.29, 0.717) is 33.7 Å². The monoisotopic (exact) mass is 355 g/mol. The Labute approximate surface area is 153 Å². The zero-order valence-electron chi connectivity index (χ0n) is 14.4. The number of benzene rings is 4. The van der Waals surface area contributed by atoms with Crippen LogP contribution in [0, 0.1) is 0 Å². The van der Waals surface area contributed by atoms with Gasteiger partial charge < -0.3 is 9.15 Å². The van der Waals surface area contributed by atoms with Gasteiger partial charge >= 0.3 is 5.97 Å². The molecule has 5 nitrogen and oxygen atoms in total. The molecule has 0 unspecified atom stereocenters. The van der Waals surface area contributed by atoms with Crippen molar-refractivity contribution in [3.63, 3.8) is 0 Å². The lowest BCUT2D eigenvalue weighted by Gasteiger charge is -2.13. The van der Waals surface area contributed by atoms with Crippen molar-refractivity contribution in [3.05, 3.63) is 70.9 Å². The standard InChI is InChI=1S/C22H13NO4/c1-12(24)26-18-11-20-22(16-9-5-3-7-14(16)18)23-21-15-8-4-2-6-13(15)17(25)10-19(21)27-20/h2-11H,1H3. The molecule has 0 bridgehead atoms. The molecule has 3 aromatic rings. The Morgan fingerprint density at radius 1 is 0.926 bits per heavy atom.